The fourth-order valence-corrected chi connectivity index (χ4v) is 5.63. The molecule has 3 aliphatic rings. The predicted molar refractivity (Wildman–Crippen MR) is 88.1 cm³/mol. The van der Waals surface area contributed by atoms with E-state index in [-0.39, 0.29) is 10.8 Å². The lowest BCUT2D eigenvalue weighted by molar-refractivity contribution is -0.138. The Bertz CT molecular complexity index is 527. The molecule has 4 rings (SSSR count). The molecule has 1 amide bonds. The van der Waals surface area contributed by atoms with Crippen molar-refractivity contribution in [2.24, 2.45) is 5.41 Å². The van der Waals surface area contributed by atoms with Gasteiger partial charge in [-0.3, -0.25) is 4.79 Å². The van der Waals surface area contributed by atoms with Crippen molar-refractivity contribution in [2.45, 2.75) is 50.4 Å². The van der Waals surface area contributed by atoms with Gasteiger partial charge in [-0.15, -0.1) is 11.3 Å². The van der Waals surface area contributed by atoms with Crippen molar-refractivity contribution < 1.29 is 9.53 Å². The highest BCUT2D eigenvalue weighted by atomic mass is 32.1. The summed E-state index contributed by atoms with van der Waals surface area (Å²) in [7, 11) is 0. The van der Waals surface area contributed by atoms with Gasteiger partial charge in [0.25, 0.3) is 0 Å². The SMILES string of the molecule is O=C(N1CC[C@]2(CCOC2)C1)C1(c2cccs2)CCCCC1. The summed E-state index contributed by atoms with van der Waals surface area (Å²) in [5.41, 5.74) is 0.0401. The van der Waals surface area contributed by atoms with E-state index in [9.17, 15) is 4.79 Å². The Hall–Kier alpha value is -0.870. The van der Waals surface area contributed by atoms with Crippen LogP contribution in [0.4, 0.5) is 0 Å². The van der Waals surface area contributed by atoms with Crippen molar-refractivity contribution >= 4 is 17.2 Å². The number of rotatable bonds is 2. The summed E-state index contributed by atoms with van der Waals surface area (Å²) in [6.45, 7) is 3.56. The lowest BCUT2D eigenvalue weighted by Crippen LogP contribution is -2.47. The summed E-state index contributed by atoms with van der Waals surface area (Å²) in [6, 6.07) is 4.28. The average molecular weight is 319 g/mol. The van der Waals surface area contributed by atoms with Gasteiger partial charge >= 0.3 is 0 Å². The number of nitrogens with zero attached hydrogens (tertiary/aromatic N) is 1. The van der Waals surface area contributed by atoms with E-state index in [2.05, 4.69) is 22.4 Å². The Kier molecular flexibility index (Phi) is 3.77. The molecule has 1 saturated carbocycles. The molecule has 1 atom stereocenters. The molecule has 2 saturated heterocycles. The maximum Gasteiger partial charge on any atom is 0.234 e. The second-order valence-electron chi connectivity index (χ2n) is 7.40. The van der Waals surface area contributed by atoms with Crippen LogP contribution in [0.2, 0.25) is 0 Å². The monoisotopic (exact) mass is 319 g/mol. The Balaban J connectivity index is 1.59. The standard InChI is InChI=1S/C18H25NO2S/c20-16(19-10-8-17(13-19)9-11-21-14-17)18(6-2-1-3-7-18)15-5-4-12-22-15/h4-5,12H,1-3,6-11,13-14H2/t17-/m0/s1. The van der Waals surface area contributed by atoms with E-state index in [1.807, 2.05) is 0 Å². The molecule has 0 aromatic carbocycles. The molecule has 1 aliphatic carbocycles. The van der Waals surface area contributed by atoms with E-state index in [1.165, 1.54) is 24.1 Å². The Morgan fingerprint density at radius 3 is 2.73 bits per heavy atom. The third-order valence-corrected chi connectivity index (χ3v) is 7.09. The van der Waals surface area contributed by atoms with Gasteiger partial charge in [0.05, 0.1) is 12.0 Å². The Morgan fingerprint density at radius 2 is 2.05 bits per heavy atom. The van der Waals surface area contributed by atoms with Crippen LogP contribution in [-0.2, 0) is 14.9 Å². The van der Waals surface area contributed by atoms with E-state index in [4.69, 9.17) is 4.74 Å². The minimum atomic E-state index is -0.225. The van der Waals surface area contributed by atoms with Gasteiger partial charge in [-0.2, -0.15) is 0 Å². The van der Waals surface area contributed by atoms with Gasteiger partial charge in [0.2, 0.25) is 5.91 Å². The van der Waals surface area contributed by atoms with Crippen LogP contribution in [0.15, 0.2) is 17.5 Å². The highest BCUT2D eigenvalue weighted by Gasteiger charge is 2.49. The molecular weight excluding hydrogens is 294 g/mol. The van der Waals surface area contributed by atoms with Crippen LogP contribution < -0.4 is 0 Å². The van der Waals surface area contributed by atoms with E-state index in [1.54, 1.807) is 11.3 Å². The van der Waals surface area contributed by atoms with Crippen molar-refractivity contribution in [3.8, 4) is 0 Å². The quantitative estimate of drug-likeness (QED) is 0.834. The maximum atomic E-state index is 13.5. The van der Waals surface area contributed by atoms with Gasteiger partial charge in [0.15, 0.2) is 0 Å². The predicted octanol–water partition coefficient (Wildman–Crippen LogP) is 3.59. The third-order valence-electron chi connectivity index (χ3n) is 6.02. The van der Waals surface area contributed by atoms with Crippen molar-refractivity contribution in [3.63, 3.8) is 0 Å². The normalized spacial score (nSPS) is 31.0. The summed E-state index contributed by atoms with van der Waals surface area (Å²) >= 11 is 1.77. The molecule has 1 spiro atoms. The van der Waals surface area contributed by atoms with Crippen molar-refractivity contribution in [2.75, 3.05) is 26.3 Å². The minimum Gasteiger partial charge on any atom is -0.381 e. The van der Waals surface area contributed by atoms with Crippen LogP contribution >= 0.6 is 11.3 Å². The van der Waals surface area contributed by atoms with Crippen LogP contribution in [0.5, 0.6) is 0 Å². The average Bonchev–Trinajstić information content (AvgIpc) is 3.30. The number of hydrogen-bond acceptors (Lipinski definition) is 3. The Labute approximate surface area is 136 Å². The maximum absolute atomic E-state index is 13.5. The lowest BCUT2D eigenvalue weighted by atomic mass is 9.72. The molecule has 3 nitrogen and oxygen atoms in total. The molecule has 120 valence electrons. The molecule has 1 aromatic heterocycles. The van der Waals surface area contributed by atoms with E-state index in [0.29, 0.717) is 5.91 Å². The summed E-state index contributed by atoms with van der Waals surface area (Å²) in [4.78, 5) is 16.9. The summed E-state index contributed by atoms with van der Waals surface area (Å²) in [6.07, 6.45) is 7.97. The Morgan fingerprint density at radius 1 is 1.18 bits per heavy atom. The van der Waals surface area contributed by atoms with Crippen LogP contribution in [0.1, 0.15) is 49.8 Å². The molecule has 3 fully saturated rings. The largest absolute Gasteiger partial charge is 0.381 e. The summed E-state index contributed by atoms with van der Waals surface area (Å²) in [5.74, 6) is 0.401. The zero-order valence-corrected chi connectivity index (χ0v) is 14.0. The molecule has 4 heteroatoms. The zero-order valence-electron chi connectivity index (χ0n) is 13.2. The minimum absolute atomic E-state index is 0.225. The molecule has 0 unspecified atom stereocenters. The van der Waals surface area contributed by atoms with Gasteiger partial charge in [0, 0.05) is 30.0 Å². The zero-order chi connectivity index (χ0) is 15.0. The first kappa shape index (κ1) is 14.7. The second-order valence-corrected chi connectivity index (χ2v) is 8.35. The van der Waals surface area contributed by atoms with E-state index in [0.717, 1.165) is 52.0 Å². The number of carbonyl (C=O) groups excluding carboxylic acids is 1. The number of carbonyl (C=O) groups is 1. The van der Waals surface area contributed by atoms with Crippen LogP contribution in [-0.4, -0.2) is 37.1 Å². The van der Waals surface area contributed by atoms with Gasteiger partial charge in [-0.05, 0) is 37.1 Å². The number of thiophene rings is 1. The molecule has 2 aliphatic heterocycles. The van der Waals surface area contributed by atoms with E-state index < -0.39 is 0 Å². The number of ether oxygens (including phenoxy) is 1. The second kappa shape index (κ2) is 5.64. The van der Waals surface area contributed by atoms with Crippen molar-refractivity contribution in [1.82, 2.24) is 4.90 Å². The molecule has 3 heterocycles. The molecular formula is C18H25NO2S. The molecule has 0 bridgehead atoms. The molecule has 0 radical (unpaired) electrons. The third kappa shape index (κ3) is 2.31. The summed E-state index contributed by atoms with van der Waals surface area (Å²) < 4.78 is 5.62. The van der Waals surface area contributed by atoms with Crippen molar-refractivity contribution in [1.29, 1.82) is 0 Å². The first-order valence-corrected chi connectivity index (χ1v) is 9.53. The highest BCUT2D eigenvalue weighted by molar-refractivity contribution is 7.10. The fraction of sp³-hybridized carbons (Fsp3) is 0.722. The van der Waals surface area contributed by atoms with Crippen LogP contribution in [0.3, 0.4) is 0 Å². The molecule has 1 aromatic rings. The number of amides is 1. The lowest BCUT2D eigenvalue weighted by Gasteiger charge is -2.38. The molecule has 0 N–H and O–H groups in total. The number of likely N-dealkylation sites (tertiary alicyclic amines) is 1. The topological polar surface area (TPSA) is 29.5 Å². The highest BCUT2D eigenvalue weighted by Crippen LogP contribution is 2.46. The first-order valence-electron chi connectivity index (χ1n) is 8.65. The van der Waals surface area contributed by atoms with Crippen LogP contribution in [0, 0.1) is 5.41 Å². The van der Waals surface area contributed by atoms with Gasteiger partial charge in [-0.1, -0.05) is 25.3 Å². The fourth-order valence-electron chi connectivity index (χ4n) is 4.65. The van der Waals surface area contributed by atoms with Gasteiger partial charge < -0.3 is 9.64 Å². The van der Waals surface area contributed by atoms with Crippen LogP contribution in [0.25, 0.3) is 0 Å². The smallest absolute Gasteiger partial charge is 0.234 e. The van der Waals surface area contributed by atoms with Crippen molar-refractivity contribution in [3.05, 3.63) is 22.4 Å². The first-order chi connectivity index (χ1) is 10.7. The van der Waals surface area contributed by atoms with Gasteiger partial charge in [-0.25, -0.2) is 0 Å². The van der Waals surface area contributed by atoms with Gasteiger partial charge in [0.1, 0.15) is 0 Å². The van der Waals surface area contributed by atoms with E-state index >= 15 is 0 Å². The summed E-state index contributed by atoms with van der Waals surface area (Å²) in [5, 5.41) is 2.12. The molecule has 22 heavy (non-hydrogen) atoms. The number of hydrogen-bond donors (Lipinski definition) is 0.